The first kappa shape index (κ1) is 14.5. The average Bonchev–Trinajstić information content (AvgIpc) is 2.87. The van der Waals surface area contributed by atoms with Gasteiger partial charge in [-0.25, -0.2) is 4.79 Å². The summed E-state index contributed by atoms with van der Waals surface area (Å²) in [5.74, 6) is -1.35. The molecule has 112 valence electrons. The first-order valence-corrected chi connectivity index (χ1v) is 7.25. The molecule has 0 radical (unpaired) electrons. The predicted molar refractivity (Wildman–Crippen MR) is 83.6 cm³/mol. The summed E-state index contributed by atoms with van der Waals surface area (Å²) >= 11 is 0. The number of esters is 1. The van der Waals surface area contributed by atoms with Crippen molar-refractivity contribution in [3.63, 3.8) is 0 Å². The summed E-state index contributed by atoms with van der Waals surface area (Å²) in [7, 11) is 1.62. The van der Waals surface area contributed by atoms with Crippen molar-refractivity contribution in [3.05, 3.63) is 59.7 Å². The lowest BCUT2D eigenvalue weighted by Crippen LogP contribution is -2.28. The molecule has 0 aliphatic heterocycles. The van der Waals surface area contributed by atoms with E-state index in [4.69, 9.17) is 4.74 Å². The topological polar surface area (TPSA) is 55.4 Å². The fraction of sp³-hybridized carbons (Fsp3) is 0.222. The van der Waals surface area contributed by atoms with Crippen molar-refractivity contribution in [1.82, 2.24) is 5.32 Å². The lowest BCUT2D eigenvalue weighted by Gasteiger charge is -2.13. The van der Waals surface area contributed by atoms with Crippen LogP contribution in [0.1, 0.15) is 17.0 Å². The molecule has 0 aromatic heterocycles. The van der Waals surface area contributed by atoms with Crippen LogP contribution >= 0.6 is 0 Å². The fourth-order valence-electron chi connectivity index (χ4n) is 2.91. The Morgan fingerprint density at radius 2 is 1.55 bits per heavy atom. The highest BCUT2D eigenvalue weighted by Gasteiger charge is 2.29. The van der Waals surface area contributed by atoms with Gasteiger partial charge in [-0.15, -0.1) is 0 Å². The Kier molecular flexibility index (Phi) is 4.02. The van der Waals surface area contributed by atoms with Crippen molar-refractivity contribution in [3.8, 4) is 11.1 Å². The van der Waals surface area contributed by atoms with Crippen molar-refractivity contribution in [1.29, 1.82) is 0 Å². The summed E-state index contributed by atoms with van der Waals surface area (Å²) < 4.78 is 5.23. The predicted octanol–water partition coefficient (Wildman–Crippen LogP) is 2.13. The number of fused-ring (bicyclic) bond motifs is 3. The molecule has 0 atom stereocenters. The number of hydrogen-bond acceptors (Lipinski definition) is 4. The van der Waals surface area contributed by atoms with E-state index < -0.39 is 11.8 Å². The van der Waals surface area contributed by atoms with Gasteiger partial charge in [-0.1, -0.05) is 48.5 Å². The Labute approximate surface area is 129 Å². The minimum absolute atomic E-state index is 0.00330. The molecule has 2 aromatic carbocycles. The van der Waals surface area contributed by atoms with Gasteiger partial charge in [0.25, 0.3) is 5.78 Å². The Hall–Kier alpha value is -2.46. The molecule has 0 bridgehead atoms. The molecule has 0 spiro atoms. The van der Waals surface area contributed by atoms with Crippen molar-refractivity contribution >= 4 is 11.8 Å². The second-order valence-corrected chi connectivity index (χ2v) is 5.28. The van der Waals surface area contributed by atoms with Gasteiger partial charge in [0.05, 0.1) is 6.54 Å². The Morgan fingerprint density at radius 1 is 1.00 bits per heavy atom. The van der Waals surface area contributed by atoms with Crippen LogP contribution in [-0.2, 0) is 14.3 Å². The van der Waals surface area contributed by atoms with E-state index in [0.29, 0.717) is 0 Å². The molecule has 0 fully saturated rings. The SMILES string of the molecule is CNCC(=O)C(=O)OCC1c2ccccc2-c2ccccc21. The second kappa shape index (κ2) is 6.12. The average molecular weight is 295 g/mol. The van der Waals surface area contributed by atoms with Crippen LogP contribution in [0.25, 0.3) is 11.1 Å². The van der Waals surface area contributed by atoms with Crippen LogP contribution in [0.2, 0.25) is 0 Å². The first-order chi connectivity index (χ1) is 10.7. The maximum atomic E-state index is 11.7. The van der Waals surface area contributed by atoms with E-state index in [1.54, 1.807) is 7.05 Å². The zero-order chi connectivity index (χ0) is 15.5. The summed E-state index contributed by atoms with van der Waals surface area (Å²) in [6.07, 6.45) is 0. The molecular formula is C18H17NO3. The van der Waals surface area contributed by atoms with Gasteiger partial charge in [0.15, 0.2) is 0 Å². The molecule has 1 N–H and O–H groups in total. The van der Waals surface area contributed by atoms with E-state index in [0.717, 1.165) is 11.1 Å². The van der Waals surface area contributed by atoms with Gasteiger partial charge >= 0.3 is 5.97 Å². The summed E-state index contributed by atoms with van der Waals surface area (Å²) in [6.45, 7) is 0.180. The molecule has 0 unspecified atom stereocenters. The molecule has 0 amide bonds. The number of carbonyl (C=O) groups is 2. The normalized spacial score (nSPS) is 12.6. The third kappa shape index (κ3) is 2.53. The number of hydrogen-bond donors (Lipinski definition) is 1. The van der Waals surface area contributed by atoms with E-state index in [-0.39, 0.29) is 19.1 Å². The minimum Gasteiger partial charge on any atom is -0.459 e. The number of benzene rings is 2. The molecule has 0 heterocycles. The third-order valence-electron chi connectivity index (χ3n) is 3.91. The van der Waals surface area contributed by atoms with Crippen molar-refractivity contribution < 1.29 is 14.3 Å². The number of carbonyl (C=O) groups excluding carboxylic acids is 2. The quantitative estimate of drug-likeness (QED) is 0.678. The Morgan fingerprint density at radius 3 is 2.09 bits per heavy atom. The van der Waals surface area contributed by atoms with Gasteiger partial charge in [0.2, 0.25) is 0 Å². The number of nitrogens with one attached hydrogen (secondary N) is 1. The molecule has 1 aliphatic carbocycles. The van der Waals surface area contributed by atoms with E-state index in [2.05, 4.69) is 17.4 Å². The van der Waals surface area contributed by atoms with Gasteiger partial charge in [-0.3, -0.25) is 4.79 Å². The molecule has 3 rings (SSSR count). The molecule has 0 saturated carbocycles. The van der Waals surface area contributed by atoms with Crippen LogP contribution in [0.5, 0.6) is 0 Å². The van der Waals surface area contributed by atoms with E-state index in [1.807, 2.05) is 36.4 Å². The maximum absolute atomic E-state index is 11.7. The molecule has 4 nitrogen and oxygen atoms in total. The van der Waals surface area contributed by atoms with E-state index in [1.165, 1.54) is 11.1 Å². The lowest BCUT2D eigenvalue weighted by atomic mass is 9.98. The standard InChI is InChI=1S/C18H17NO3/c1-19-10-17(20)18(21)22-11-16-14-8-4-2-6-12(14)13-7-3-5-9-15(13)16/h2-9,16,19H,10-11H2,1H3. The zero-order valence-corrected chi connectivity index (χ0v) is 12.3. The van der Waals surface area contributed by atoms with Gasteiger partial charge in [-0.2, -0.15) is 0 Å². The van der Waals surface area contributed by atoms with Crippen molar-refractivity contribution in [2.75, 3.05) is 20.2 Å². The van der Waals surface area contributed by atoms with Crippen LogP contribution in [0, 0.1) is 0 Å². The largest absolute Gasteiger partial charge is 0.459 e. The van der Waals surface area contributed by atoms with Gasteiger partial charge < -0.3 is 10.1 Å². The van der Waals surface area contributed by atoms with Crippen LogP contribution in [0.15, 0.2) is 48.5 Å². The summed E-state index contributed by atoms with van der Waals surface area (Å²) in [6, 6.07) is 16.2. The second-order valence-electron chi connectivity index (χ2n) is 5.28. The van der Waals surface area contributed by atoms with Crippen LogP contribution in [0.3, 0.4) is 0 Å². The van der Waals surface area contributed by atoms with Gasteiger partial charge in [-0.05, 0) is 29.3 Å². The molecule has 4 heteroatoms. The smallest absolute Gasteiger partial charge is 0.376 e. The first-order valence-electron chi connectivity index (χ1n) is 7.25. The van der Waals surface area contributed by atoms with Crippen molar-refractivity contribution in [2.24, 2.45) is 0 Å². The third-order valence-corrected chi connectivity index (χ3v) is 3.91. The number of ketones is 1. The van der Waals surface area contributed by atoms with Gasteiger partial charge in [0.1, 0.15) is 6.61 Å². The minimum atomic E-state index is -0.781. The molecule has 2 aromatic rings. The van der Waals surface area contributed by atoms with Crippen molar-refractivity contribution in [2.45, 2.75) is 5.92 Å². The molecule has 22 heavy (non-hydrogen) atoms. The highest BCUT2D eigenvalue weighted by molar-refractivity contribution is 6.34. The number of ether oxygens (including phenoxy) is 1. The Bertz CT molecular complexity index is 678. The summed E-state index contributed by atoms with van der Waals surface area (Å²) in [5, 5.41) is 2.66. The fourth-order valence-corrected chi connectivity index (χ4v) is 2.91. The number of rotatable bonds is 5. The number of likely N-dealkylation sites (N-methyl/N-ethyl adjacent to an activating group) is 1. The zero-order valence-electron chi connectivity index (χ0n) is 12.3. The monoisotopic (exact) mass is 295 g/mol. The highest BCUT2D eigenvalue weighted by Crippen LogP contribution is 2.44. The van der Waals surface area contributed by atoms with Gasteiger partial charge in [0, 0.05) is 5.92 Å². The maximum Gasteiger partial charge on any atom is 0.376 e. The van der Waals surface area contributed by atoms with Crippen LogP contribution in [-0.4, -0.2) is 32.0 Å². The molecule has 1 aliphatic rings. The molecule has 0 saturated heterocycles. The molecular weight excluding hydrogens is 278 g/mol. The van der Waals surface area contributed by atoms with E-state index in [9.17, 15) is 9.59 Å². The highest BCUT2D eigenvalue weighted by atomic mass is 16.5. The van der Waals surface area contributed by atoms with Crippen LogP contribution < -0.4 is 5.32 Å². The number of Topliss-reactive ketones (excluding diaryl/α,β-unsaturated/α-hetero) is 1. The summed E-state index contributed by atoms with van der Waals surface area (Å²) in [4.78, 5) is 23.2. The summed E-state index contributed by atoms with van der Waals surface area (Å²) in [5.41, 5.74) is 4.61. The lowest BCUT2D eigenvalue weighted by molar-refractivity contribution is -0.153. The van der Waals surface area contributed by atoms with E-state index >= 15 is 0 Å². The Balaban J connectivity index is 1.82. The van der Waals surface area contributed by atoms with Crippen LogP contribution in [0.4, 0.5) is 0 Å².